The van der Waals surface area contributed by atoms with Crippen molar-refractivity contribution in [1.82, 2.24) is 15.2 Å². The van der Waals surface area contributed by atoms with E-state index < -0.39 is 11.8 Å². The molecule has 0 atom stereocenters. The van der Waals surface area contributed by atoms with E-state index in [2.05, 4.69) is 10.4 Å². The molecular formula is C19H17Cl2N5O2. The molecule has 3 aromatic rings. The van der Waals surface area contributed by atoms with E-state index in [-0.39, 0.29) is 16.1 Å². The quantitative estimate of drug-likeness (QED) is 0.343. The lowest BCUT2D eigenvalue weighted by molar-refractivity contribution is 0.0954. The van der Waals surface area contributed by atoms with Gasteiger partial charge in [0.25, 0.3) is 11.8 Å². The molecule has 0 aliphatic heterocycles. The van der Waals surface area contributed by atoms with Gasteiger partial charge >= 0.3 is 0 Å². The van der Waals surface area contributed by atoms with Crippen LogP contribution in [0.5, 0.6) is 0 Å². The average molecular weight is 418 g/mol. The second-order valence-electron chi connectivity index (χ2n) is 6.11. The Morgan fingerprint density at radius 2 is 1.86 bits per heavy atom. The molecule has 9 heteroatoms. The summed E-state index contributed by atoms with van der Waals surface area (Å²) in [5, 5.41) is 7.67. The monoisotopic (exact) mass is 417 g/mol. The zero-order valence-corrected chi connectivity index (χ0v) is 16.6. The number of hydrogen-bond donors (Lipinski definition) is 3. The first kappa shape index (κ1) is 19.9. The molecule has 1 aromatic heterocycles. The van der Waals surface area contributed by atoms with E-state index in [1.165, 1.54) is 6.07 Å². The molecule has 4 N–H and O–H groups in total. The van der Waals surface area contributed by atoms with Gasteiger partial charge in [-0.2, -0.15) is 5.10 Å². The van der Waals surface area contributed by atoms with Gasteiger partial charge in [-0.15, -0.1) is 0 Å². The van der Waals surface area contributed by atoms with Crippen LogP contribution in [0.25, 0.3) is 11.3 Å². The third-order valence-electron chi connectivity index (χ3n) is 4.15. The predicted molar refractivity (Wildman–Crippen MR) is 109 cm³/mol. The molecule has 7 nitrogen and oxygen atoms in total. The van der Waals surface area contributed by atoms with E-state index in [0.29, 0.717) is 27.5 Å². The van der Waals surface area contributed by atoms with Crippen LogP contribution in [-0.2, 0) is 7.05 Å². The number of benzene rings is 2. The number of aromatic nitrogens is 2. The maximum Gasteiger partial charge on any atom is 0.267 e. The third-order valence-corrected chi connectivity index (χ3v) is 4.77. The van der Waals surface area contributed by atoms with Crippen molar-refractivity contribution in [3.63, 3.8) is 0 Å². The summed E-state index contributed by atoms with van der Waals surface area (Å²) in [5.74, 6) is 4.19. The number of hydrazine groups is 1. The minimum absolute atomic E-state index is 0.151. The number of carbonyl (C=O) groups is 2. The van der Waals surface area contributed by atoms with Gasteiger partial charge in [0.1, 0.15) is 0 Å². The lowest BCUT2D eigenvalue weighted by atomic mass is 10.0. The Bertz CT molecular complexity index is 1080. The van der Waals surface area contributed by atoms with Crippen molar-refractivity contribution in [3.8, 4) is 11.3 Å². The summed E-state index contributed by atoms with van der Waals surface area (Å²) >= 11 is 12.5. The van der Waals surface area contributed by atoms with Gasteiger partial charge in [0.15, 0.2) is 0 Å². The lowest BCUT2D eigenvalue weighted by Crippen LogP contribution is -2.31. The fourth-order valence-corrected chi connectivity index (χ4v) is 3.39. The molecule has 0 spiro atoms. The number of halogens is 2. The molecule has 0 radical (unpaired) electrons. The van der Waals surface area contributed by atoms with Crippen molar-refractivity contribution in [3.05, 3.63) is 69.3 Å². The summed E-state index contributed by atoms with van der Waals surface area (Å²) in [6, 6.07) is 9.96. The molecule has 144 valence electrons. The van der Waals surface area contributed by atoms with E-state index >= 15 is 0 Å². The summed E-state index contributed by atoms with van der Waals surface area (Å²) in [6.07, 6.45) is 1.78. The molecule has 2 amide bonds. The molecular weight excluding hydrogens is 401 g/mol. The highest BCUT2D eigenvalue weighted by Gasteiger charge is 2.20. The SMILES string of the molecule is Cc1cc(Cl)cc(C(=O)NN)c1NC(=O)c1cccc(-c2ccn(C)n2)c1Cl. The Labute approximate surface area is 171 Å². The van der Waals surface area contributed by atoms with Crippen LogP contribution in [0.3, 0.4) is 0 Å². The standard InChI is InChI=1S/C19H17Cl2N5O2/c1-10-8-11(20)9-14(19(28)24-22)17(10)23-18(27)13-5-3-4-12(16(13)21)15-6-7-26(2)25-15/h3-9H,22H2,1-2H3,(H,23,27)(H,24,28). The van der Waals surface area contributed by atoms with Gasteiger partial charge in [-0.05, 0) is 36.8 Å². The molecule has 0 saturated heterocycles. The Morgan fingerprint density at radius 1 is 1.11 bits per heavy atom. The van der Waals surface area contributed by atoms with Crippen molar-refractivity contribution in [2.75, 3.05) is 5.32 Å². The second kappa shape index (κ2) is 8.02. The van der Waals surface area contributed by atoms with Crippen LogP contribution in [0.1, 0.15) is 26.3 Å². The van der Waals surface area contributed by atoms with Gasteiger partial charge in [0.05, 0.1) is 27.5 Å². The van der Waals surface area contributed by atoms with E-state index in [0.717, 1.165) is 0 Å². The first-order valence-corrected chi connectivity index (χ1v) is 8.98. The predicted octanol–water partition coefficient (Wildman–Crippen LogP) is 3.56. The number of amides is 2. The maximum absolute atomic E-state index is 12.9. The average Bonchev–Trinajstić information content (AvgIpc) is 3.09. The second-order valence-corrected chi connectivity index (χ2v) is 6.93. The van der Waals surface area contributed by atoms with Crippen molar-refractivity contribution in [2.24, 2.45) is 12.9 Å². The van der Waals surface area contributed by atoms with Crippen LogP contribution in [0.15, 0.2) is 42.6 Å². The van der Waals surface area contributed by atoms with E-state index in [4.69, 9.17) is 29.0 Å². The number of rotatable bonds is 4. The molecule has 28 heavy (non-hydrogen) atoms. The Morgan fingerprint density at radius 3 is 2.50 bits per heavy atom. The van der Waals surface area contributed by atoms with E-state index in [1.807, 2.05) is 5.43 Å². The first-order valence-electron chi connectivity index (χ1n) is 8.22. The van der Waals surface area contributed by atoms with Crippen LogP contribution in [-0.4, -0.2) is 21.6 Å². The molecule has 0 aliphatic rings. The highest BCUT2D eigenvalue weighted by Crippen LogP contribution is 2.31. The van der Waals surface area contributed by atoms with E-state index in [9.17, 15) is 9.59 Å². The Kier molecular flexibility index (Phi) is 5.69. The summed E-state index contributed by atoms with van der Waals surface area (Å²) in [6.45, 7) is 1.72. The highest BCUT2D eigenvalue weighted by molar-refractivity contribution is 6.37. The molecule has 0 bridgehead atoms. The Hall–Kier alpha value is -2.87. The number of nitrogens with one attached hydrogen (secondary N) is 2. The molecule has 0 unspecified atom stereocenters. The fourth-order valence-electron chi connectivity index (χ4n) is 2.81. The number of aryl methyl sites for hydroxylation is 2. The largest absolute Gasteiger partial charge is 0.321 e. The summed E-state index contributed by atoms with van der Waals surface area (Å²) in [5.41, 5.74) is 4.63. The van der Waals surface area contributed by atoms with Crippen LogP contribution in [0.4, 0.5) is 5.69 Å². The number of anilines is 1. The first-order chi connectivity index (χ1) is 13.3. The van der Waals surface area contributed by atoms with Gasteiger partial charge in [-0.25, -0.2) is 5.84 Å². The molecule has 0 fully saturated rings. The van der Waals surface area contributed by atoms with Gasteiger partial charge in [0, 0.05) is 23.8 Å². The highest BCUT2D eigenvalue weighted by atomic mass is 35.5. The van der Waals surface area contributed by atoms with Gasteiger partial charge in [-0.1, -0.05) is 35.3 Å². The van der Waals surface area contributed by atoms with Gasteiger partial charge in [0.2, 0.25) is 0 Å². The molecule has 1 heterocycles. The van der Waals surface area contributed by atoms with Crippen molar-refractivity contribution >= 4 is 40.7 Å². The number of nitrogen functional groups attached to an aromatic ring is 1. The maximum atomic E-state index is 12.9. The molecule has 0 aliphatic carbocycles. The van der Waals surface area contributed by atoms with Crippen molar-refractivity contribution in [1.29, 1.82) is 0 Å². The molecule has 2 aromatic carbocycles. The minimum Gasteiger partial charge on any atom is -0.321 e. The van der Waals surface area contributed by atoms with Crippen LogP contribution in [0.2, 0.25) is 10.0 Å². The zero-order valence-electron chi connectivity index (χ0n) is 15.1. The summed E-state index contributed by atoms with van der Waals surface area (Å²) in [7, 11) is 1.79. The normalized spacial score (nSPS) is 10.6. The Balaban J connectivity index is 2.00. The van der Waals surface area contributed by atoms with Crippen molar-refractivity contribution in [2.45, 2.75) is 6.92 Å². The van der Waals surface area contributed by atoms with Crippen LogP contribution in [0, 0.1) is 6.92 Å². The number of hydrogen-bond acceptors (Lipinski definition) is 4. The minimum atomic E-state index is -0.575. The van der Waals surface area contributed by atoms with Crippen LogP contribution < -0.4 is 16.6 Å². The number of carbonyl (C=O) groups excluding carboxylic acids is 2. The molecule has 3 rings (SSSR count). The zero-order chi connectivity index (χ0) is 20.4. The van der Waals surface area contributed by atoms with Gasteiger partial charge < -0.3 is 5.32 Å². The lowest BCUT2D eigenvalue weighted by Gasteiger charge is -2.15. The van der Waals surface area contributed by atoms with Crippen LogP contribution >= 0.6 is 23.2 Å². The number of nitrogens with two attached hydrogens (primary N) is 1. The van der Waals surface area contributed by atoms with Crippen molar-refractivity contribution < 1.29 is 9.59 Å². The summed E-state index contributed by atoms with van der Waals surface area (Å²) < 4.78 is 1.65. The third kappa shape index (κ3) is 3.87. The molecule has 0 saturated carbocycles. The topological polar surface area (TPSA) is 102 Å². The number of nitrogens with zero attached hydrogens (tertiary/aromatic N) is 2. The fraction of sp³-hybridized carbons (Fsp3) is 0.105. The summed E-state index contributed by atoms with van der Waals surface area (Å²) in [4.78, 5) is 25.0. The van der Waals surface area contributed by atoms with E-state index in [1.54, 1.807) is 55.2 Å². The smallest absolute Gasteiger partial charge is 0.267 e. The van der Waals surface area contributed by atoms with Gasteiger partial charge in [-0.3, -0.25) is 19.7 Å².